The van der Waals surface area contributed by atoms with Gasteiger partial charge in [-0.25, -0.2) is 8.78 Å². The number of hydrogen-bond donors (Lipinski definition) is 2. The molecule has 0 aliphatic carbocycles. The van der Waals surface area contributed by atoms with Gasteiger partial charge in [-0.05, 0) is 19.1 Å². The predicted molar refractivity (Wildman–Crippen MR) is 53.5 cm³/mol. The SMILES string of the molecule is CNC(=O)C(C)Nc1c(F)cccc1F. The van der Waals surface area contributed by atoms with Crippen molar-refractivity contribution in [3.63, 3.8) is 0 Å². The lowest BCUT2D eigenvalue weighted by atomic mass is 10.2. The minimum atomic E-state index is -0.717. The Morgan fingerprint density at radius 3 is 2.33 bits per heavy atom. The third-order valence-electron chi connectivity index (χ3n) is 1.96. The summed E-state index contributed by atoms with van der Waals surface area (Å²) in [7, 11) is 1.46. The molecule has 5 heteroatoms. The summed E-state index contributed by atoms with van der Waals surface area (Å²) < 4.78 is 26.3. The zero-order chi connectivity index (χ0) is 11.4. The van der Waals surface area contributed by atoms with Crippen LogP contribution >= 0.6 is 0 Å². The molecule has 1 aromatic carbocycles. The molecular formula is C10H12F2N2O. The van der Waals surface area contributed by atoms with Crippen molar-refractivity contribution >= 4 is 11.6 Å². The second-order valence-electron chi connectivity index (χ2n) is 3.08. The number of benzene rings is 1. The highest BCUT2D eigenvalue weighted by atomic mass is 19.1. The second kappa shape index (κ2) is 4.72. The third-order valence-corrected chi connectivity index (χ3v) is 1.96. The fraction of sp³-hybridized carbons (Fsp3) is 0.300. The fourth-order valence-corrected chi connectivity index (χ4v) is 1.13. The number of rotatable bonds is 3. The van der Waals surface area contributed by atoms with Gasteiger partial charge in [0.2, 0.25) is 5.91 Å². The number of carbonyl (C=O) groups excluding carboxylic acids is 1. The van der Waals surface area contributed by atoms with E-state index in [1.54, 1.807) is 0 Å². The summed E-state index contributed by atoms with van der Waals surface area (Å²) in [5, 5.41) is 4.84. The van der Waals surface area contributed by atoms with Crippen LogP contribution in [0.15, 0.2) is 18.2 Å². The van der Waals surface area contributed by atoms with E-state index in [2.05, 4.69) is 10.6 Å². The number of amides is 1. The number of likely N-dealkylation sites (N-methyl/N-ethyl adjacent to an activating group) is 1. The highest BCUT2D eigenvalue weighted by Crippen LogP contribution is 2.18. The number of halogens is 2. The van der Waals surface area contributed by atoms with Crippen molar-refractivity contribution < 1.29 is 13.6 Å². The zero-order valence-corrected chi connectivity index (χ0v) is 8.47. The quantitative estimate of drug-likeness (QED) is 0.800. The van der Waals surface area contributed by atoms with E-state index in [-0.39, 0.29) is 11.6 Å². The van der Waals surface area contributed by atoms with E-state index < -0.39 is 17.7 Å². The Morgan fingerprint density at radius 2 is 1.87 bits per heavy atom. The van der Waals surface area contributed by atoms with Gasteiger partial charge in [0.25, 0.3) is 0 Å². The zero-order valence-electron chi connectivity index (χ0n) is 8.47. The molecule has 0 radical (unpaired) electrons. The molecule has 0 saturated carbocycles. The van der Waals surface area contributed by atoms with Crippen molar-refractivity contribution in [1.29, 1.82) is 0 Å². The van der Waals surface area contributed by atoms with Crippen LogP contribution in [0.1, 0.15) is 6.92 Å². The molecule has 1 amide bonds. The van der Waals surface area contributed by atoms with E-state index in [4.69, 9.17) is 0 Å². The van der Waals surface area contributed by atoms with Crippen LogP contribution in [0.3, 0.4) is 0 Å². The average Bonchev–Trinajstić information content (AvgIpc) is 2.22. The molecule has 0 aromatic heterocycles. The number of anilines is 1. The first-order valence-corrected chi connectivity index (χ1v) is 4.48. The van der Waals surface area contributed by atoms with Crippen LogP contribution in [0.2, 0.25) is 0 Å². The lowest BCUT2D eigenvalue weighted by Gasteiger charge is -2.14. The van der Waals surface area contributed by atoms with E-state index in [0.29, 0.717) is 0 Å². The van der Waals surface area contributed by atoms with Crippen LogP contribution in [-0.2, 0) is 4.79 Å². The van der Waals surface area contributed by atoms with E-state index in [9.17, 15) is 13.6 Å². The van der Waals surface area contributed by atoms with Gasteiger partial charge in [-0.15, -0.1) is 0 Å². The van der Waals surface area contributed by atoms with E-state index in [1.165, 1.54) is 20.0 Å². The minimum absolute atomic E-state index is 0.284. The first-order valence-electron chi connectivity index (χ1n) is 4.48. The van der Waals surface area contributed by atoms with Crippen molar-refractivity contribution in [2.75, 3.05) is 12.4 Å². The smallest absolute Gasteiger partial charge is 0.241 e. The molecule has 0 saturated heterocycles. The highest BCUT2D eigenvalue weighted by molar-refractivity contribution is 5.83. The van der Waals surface area contributed by atoms with Crippen molar-refractivity contribution in [3.8, 4) is 0 Å². The number of para-hydroxylation sites is 1. The minimum Gasteiger partial charge on any atom is -0.369 e. The van der Waals surface area contributed by atoms with Crippen molar-refractivity contribution in [3.05, 3.63) is 29.8 Å². The summed E-state index contributed by atoms with van der Waals surface area (Å²) in [5.74, 6) is -1.77. The van der Waals surface area contributed by atoms with Crippen molar-refractivity contribution in [1.82, 2.24) is 5.32 Å². The second-order valence-corrected chi connectivity index (χ2v) is 3.08. The Kier molecular flexibility index (Phi) is 3.60. The maximum absolute atomic E-state index is 13.1. The molecule has 1 aromatic rings. The summed E-state index contributed by atoms with van der Waals surface area (Å²) in [4.78, 5) is 11.1. The molecule has 3 nitrogen and oxygen atoms in total. The van der Waals surface area contributed by atoms with E-state index >= 15 is 0 Å². The van der Waals surface area contributed by atoms with E-state index in [1.807, 2.05) is 0 Å². The van der Waals surface area contributed by atoms with Crippen LogP contribution in [0, 0.1) is 11.6 Å². The number of carbonyl (C=O) groups is 1. The Bertz CT molecular complexity index is 348. The van der Waals surface area contributed by atoms with Crippen LogP contribution in [0.25, 0.3) is 0 Å². The van der Waals surface area contributed by atoms with Gasteiger partial charge in [0.1, 0.15) is 23.4 Å². The van der Waals surface area contributed by atoms with Gasteiger partial charge in [-0.2, -0.15) is 0 Å². The van der Waals surface area contributed by atoms with E-state index in [0.717, 1.165) is 12.1 Å². The first kappa shape index (κ1) is 11.4. The summed E-state index contributed by atoms with van der Waals surface area (Å²) in [6.07, 6.45) is 0. The lowest BCUT2D eigenvalue weighted by molar-refractivity contribution is -0.121. The molecule has 82 valence electrons. The molecule has 1 unspecified atom stereocenters. The standard InChI is InChI=1S/C10H12F2N2O/c1-6(10(15)13-2)14-9-7(11)4-3-5-8(9)12/h3-6,14H,1-2H3,(H,13,15). The molecule has 0 aliphatic rings. The summed E-state index contributed by atoms with van der Waals surface area (Å²) in [5.41, 5.74) is -0.284. The van der Waals surface area contributed by atoms with Gasteiger partial charge < -0.3 is 10.6 Å². The molecule has 1 atom stereocenters. The summed E-state index contributed by atoms with van der Waals surface area (Å²) in [6.45, 7) is 1.52. The van der Waals surface area contributed by atoms with Gasteiger partial charge in [-0.1, -0.05) is 6.07 Å². The van der Waals surface area contributed by atoms with Gasteiger partial charge in [0.05, 0.1) is 0 Å². The molecule has 2 N–H and O–H groups in total. The van der Waals surface area contributed by atoms with Crippen LogP contribution < -0.4 is 10.6 Å². The first-order chi connectivity index (χ1) is 7.06. The molecule has 15 heavy (non-hydrogen) atoms. The largest absolute Gasteiger partial charge is 0.369 e. The van der Waals surface area contributed by atoms with Crippen LogP contribution in [-0.4, -0.2) is 19.0 Å². The van der Waals surface area contributed by atoms with Gasteiger partial charge in [-0.3, -0.25) is 4.79 Å². The maximum atomic E-state index is 13.1. The normalized spacial score (nSPS) is 12.0. The highest BCUT2D eigenvalue weighted by Gasteiger charge is 2.15. The number of nitrogens with one attached hydrogen (secondary N) is 2. The summed E-state index contributed by atoms with van der Waals surface area (Å²) >= 11 is 0. The Morgan fingerprint density at radius 1 is 1.33 bits per heavy atom. The molecule has 0 aliphatic heterocycles. The van der Waals surface area contributed by atoms with Gasteiger partial charge in [0, 0.05) is 7.05 Å². The van der Waals surface area contributed by atoms with Crippen LogP contribution in [0.5, 0.6) is 0 Å². The lowest BCUT2D eigenvalue weighted by Crippen LogP contribution is -2.35. The Labute approximate surface area is 86.5 Å². The van der Waals surface area contributed by atoms with Crippen molar-refractivity contribution in [2.24, 2.45) is 0 Å². The van der Waals surface area contributed by atoms with Crippen LogP contribution in [0.4, 0.5) is 14.5 Å². The molecule has 0 spiro atoms. The average molecular weight is 214 g/mol. The topological polar surface area (TPSA) is 41.1 Å². The molecule has 0 heterocycles. The molecular weight excluding hydrogens is 202 g/mol. The van der Waals surface area contributed by atoms with Crippen molar-refractivity contribution in [2.45, 2.75) is 13.0 Å². The molecule has 1 rings (SSSR count). The molecule has 0 fully saturated rings. The third kappa shape index (κ3) is 2.65. The monoisotopic (exact) mass is 214 g/mol. The van der Waals surface area contributed by atoms with Gasteiger partial charge in [0.15, 0.2) is 0 Å². The fourth-order valence-electron chi connectivity index (χ4n) is 1.13. The predicted octanol–water partition coefficient (Wildman–Crippen LogP) is 1.51. The van der Waals surface area contributed by atoms with Gasteiger partial charge >= 0.3 is 0 Å². The Hall–Kier alpha value is -1.65. The maximum Gasteiger partial charge on any atom is 0.241 e. The summed E-state index contributed by atoms with van der Waals surface area (Å²) in [6, 6.07) is 2.83. The number of hydrogen-bond acceptors (Lipinski definition) is 2. The molecule has 0 bridgehead atoms. The Balaban J connectivity index is 2.85.